The summed E-state index contributed by atoms with van der Waals surface area (Å²) in [6.07, 6.45) is 36.8. The second-order valence-electron chi connectivity index (χ2n) is 18.7. The van der Waals surface area contributed by atoms with Gasteiger partial charge in [-0.2, -0.15) is 0 Å². The zero-order valence-corrected chi connectivity index (χ0v) is 42.9. The van der Waals surface area contributed by atoms with Gasteiger partial charge in [-0.3, -0.25) is 19.2 Å². The fraction of sp³-hybridized carbons (Fsp3) is 0.889. The second kappa shape index (κ2) is 44.0. The first-order chi connectivity index (χ1) is 31.8. The van der Waals surface area contributed by atoms with Gasteiger partial charge in [-0.1, -0.05) is 156 Å². The molecule has 65 heavy (non-hydrogen) atoms. The number of hydrogen-bond donors (Lipinski definition) is 1. The molecule has 0 amide bonds. The lowest BCUT2D eigenvalue weighted by Crippen LogP contribution is -2.45. The van der Waals surface area contributed by atoms with E-state index in [4.69, 9.17) is 18.9 Å². The van der Waals surface area contributed by atoms with Crippen molar-refractivity contribution in [3.63, 3.8) is 0 Å². The summed E-state index contributed by atoms with van der Waals surface area (Å²) in [6, 6.07) is 0. The quantitative estimate of drug-likeness (QED) is 0.0382. The predicted molar refractivity (Wildman–Crippen MR) is 272 cm³/mol. The van der Waals surface area contributed by atoms with Gasteiger partial charge in [0.25, 0.3) is 10.9 Å². The van der Waals surface area contributed by atoms with E-state index in [1.54, 1.807) is 14.2 Å². The van der Waals surface area contributed by atoms with Crippen LogP contribution in [0.5, 0.6) is 0 Å². The van der Waals surface area contributed by atoms with Crippen molar-refractivity contribution in [2.45, 2.75) is 239 Å². The third kappa shape index (κ3) is 32.8. The minimum Gasteiger partial charge on any atom is -0.466 e. The molecule has 0 saturated carbocycles. The van der Waals surface area contributed by atoms with Gasteiger partial charge in [0.1, 0.15) is 17.5 Å². The first-order valence-electron chi connectivity index (χ1n) is 27.2. The van der Waals surface area contributed by atoms with Crippen LogP contribution in [-0.4, -0.2) is 96.3 Å². The van der Waals surface area contributed by atoms with Crippen molar-refractivity contribution in [3.8, 4) is 0 Å². The molecule has 1 atom stereocenters. The third-order valence-electron chi connectivity index (χ3n) is 12.8. The van der Waals surface area contributed by atoms with Gasteiger partial charge in [0.05, 0.1) is 19.8 Å². The summed E-state index contributed by atoms with van der Waals surface area (Å²) in [5, 5.41) is 3.30. The van der Waals surface area contributed by atoms with Crippen molar-refractivity contribution in [2.75, 3.05) is 83.5 Å². The van der Waals surface area contributed by atoms with Gasteiger partial charge in [-0.25, -0.2) is 0 Å². The molecule has 0 aromatic heterocycles. The largest absolute Gasteiger partial charge is 0.466 e. The highest BCUT2D eigenvalue weighted by molar-refractivity contribution is 5.75. The second-order valence-corrected chi connectivity index (χ2v) is 18.7. The number of ether oxygens (including phenoxy) is 4. The zero-order valence-electron chi connectivity index (χ0n) is 42.9. The smallest absolute Gasteiger partial charge is 0.306 e. The molecule has 1 unspecified atom stereocenters. The lowest BCUT2D eigenvalue weighted by Gasteiger charge is -2.27. The van der Waals surface area contributed by atoms with Gasteiger partial charge < -0.3 is 34.1 Å². The summed E-state index contributed by atoms with van der Waals surface area (Å²) in [6.45, 7) is 12.8. The number of nitrogens with one attached hydrogen (secondary N) is 1. The van der Waals surface area contributed by atoms with Crippen molar-refractivity contribution in [3.05, 3.63) is 20.4 Å². The van der Waals surface area contributed by atoms with Crippen LogP contribution in [0.3, 0.4) is 0 Å². The molecule has 11 nitrogen and oxygen atoms in total. The van der Waals surface area contributed by atoms with Crippen LogP contribution >= 0.6 is 0 Å². The minimum atomic E-state index is -0.447. The highest BCUT2D eigenvalue weighted by Gasteiger charge is 2.25. The number of carbonyl (C=O) groups excluding carboxylic acids is 2. The van der Waals surface area contributed by atoms with Crippen LogP contribution in [0.15, 0.2) is 9.59 Å². The highest BCUT2D eigenvalue weighted by Crippen LogP contribution is 2.21. The van der Waals surface area contributed by atoms with Crippen LogP contribution < -0.4 is 21.1 Å². The molecule has 0 radical (unpaired) electrons. The lowest BCUT2D eigenvalue weighted by atomic mass is 10.0. The molecule has 0 bridgehead atoms. The lowest BCUT2D eigenvalue weighted by molar-refractivity contribution is -0.150. The number of carbonyl (C=O) groups is 2. The van der Waals surface area contributed by atoms with Crippen molar-refractivity contribution >= 4 is 23.3 Å². The number of rotatable bonds is 50. The number of unbranched alkanes of at least 4 members (excludes halogenated alkanes) is 23. The Hall–Kier alpha value is -2.50. The first-order valence-corrected chi connectivity index (χ1v) is 27.2. The van der Waals surface area contributed by atoms with E-state index in [0.717, 1.165) is 129 Å². The van der Waals surface area contributed by atoms with Gasteiger partial charge in [0.15, 0.2) is 0 Å². The average molecular weight is 920 g/mol. The molecule has 0 aliphatic carbocycles. The van der Waals surface area contributed by atoms with Crippen LogP contribution in [0.2, 0.25) is 0 Å². The summed E-state index contributed by atoms with van der Waals surface area (Å²) < 4.78 is 22.0. The Morgan fingerprint density at radius 3 is 1.42 bits per heavy atom. The Balaban J connectivity index is 2.55. The summed E-state index contributed by atoms with van der Waals surface area (Å²) in [7, 11) is 3.25. The zero-order chi connectivity index (χ0) is 47.4. The van der Waals surface area contributed by atoms with E-state index in [-0.39, 0.29) is 18.0 Å². The topological polar surface area (TPSA) is 124 Å². The Bertz CT molecular complexity index is 1310. The maximum Gasteiger partial charge on any atom is 0.306 e. The normalized spacial score (nSPS) is 12.0. The fourth-order valence-corrected chi connectivity index (χ4v) is 8.66. The standard InChI is InChI=1S/C54H101N3O8/c1-6-9-12-15-17-26-33-45-64-49(58)37-29-22-18-24-31-40-56(42-34-39-55-51-52(54(61)53(51)60)57(43-46-62-4)44-47-63-5)41-32-25-19-23-30-38-50(59)65-48(35-27-20-14-11-8-3)36-28-21-16-13-10-7-2/h48,55H,6-47H2,1-5H3. The number of hydrogen-bond acceptors (Lipinski definition) is 11. The van der Waals surface area contributed by atoms with Crippen LogP contribution in [0.4, 0.5) is 11.4 Å². The summed E-state index contributed by atoms with van der Waals surface area (Å²) in [5.41, 5.74) is -0.0341. The number of nitrogens with zero attached hydrogens (tertiary/aromatic N) is 2. The van der Waals surface area contributed by atoms with Gasteiger partial charge in [-0.05, 0) is 83.8 Å². The molecule has 11 heteroatoms. The Morgan fingerprint density at radius 1 is 0.477 bits per heavy atom. The Kier molecular flexibility index (Phi) is 41.0. The van der Waals surface area contributed by atoms with Crippen molar-refractivity contribution < 1.29 is 28.5 Å². The third-order valence-corrected chi connectivity index (χ3v) is 12.8. The molecule has 380 valence electrons. The maximum atomic E-state index is 12.9. The molecular formula is C54H101N3O8. The SMILES string of the molecule is CCCCCCCCCOC(=O)CCCCCCCN(CCCCCCCC(=O)OC(CCCCCCC)CCCCCCCC)CCCNc1c(N(CCOC)CCOC)c(=O)c1=O. The molecule has 0 spiro atoms. The van der Waals surface area contributed by atoms with E-state index in [0.29, 0.717) is 63.7 Å². The van der Waals surface area contributed by atoms with Gasteiger partial charge in [-0.15, -0.1) is 0 Å². The van der Waals surface area contributed by atoms with Crippen LogP contribution in [0.25, 0.3) is 0 Å². The molecule has 1 aromatic carbocycles. The van der Waals surface area contributed by atoms with E-state index in [1.165, 1.54) is 89.9 Å². The molecule has 0 heterocycles. The molecule has 0 fully saturated rings. The first kappa shape index (κ1) is 60.5. The van der Waals surface area contributed by atoms with Crippen LogP contribution in [0.1, 0.15) is 233 Å². The van der Waals surface area contributed by atoms with Gasteiger partial charge >= 0.3 is 11.9 Å². The Labute approximate surface area is 398 Å². The average Bonchev–Trinajstić information content (AvgIpc) is 3.30. The van der Waals surface area contributed by atoms with E-state index in [9.17, 15) is 19.2 Å². The van der Waals surface area contributed by atoms with E-state index in [2.05, 4.69) is 31.0 Å². The molecule has 1 rings (SSSR count). The number of anilines is 2. The minimum absolute atomic E-state index is 0.0124. The van der Waals surface area contributed by atoms with Crippen LogP contribution in [0, 0.1) is 0 Å². The number of esters is 2. The van der Waals surface area contributed by atoms with Crippen molar-refractivity contribution in [2.24, 2.45) is 0 Å². The Morgan fingerprint density at radius 2 is 0.908 bits per heavy atom. The van der Waals surface area contributed by atoms with Crippen molar-refractivity contribution in [1.29, 1.82) is 0 Å². The number of methoxy groups -OCH3 is 2. The van der Waals surface area contributed by atoms with Gasteiger partial charge in [0.2, 0.25) is 0 Å². The molecule has 1 aromatic rings. The summed E-state index contributed by atoms with van der Waals surface area (Å²) in [4.78, 5) is 54.8. The van der Waals surface area contributed by atoms with Gasteiger partial charge in [0, 0.05) is 46.7 Å². The highest BCUT2D eigenvalue weighted by atomic mass is 16.5. The maximum absolute atomic E-state index is 12.9. The summed E-state index contributed by atoms with van der Waals surface area (Å²) in [5.74, 6) is -0.0678. The predicted octanol–water partition coefficient (Wildman–Crippen LogP) is 12.5. The van der Waals surface area contributed by atoms with E-state index < -0.39 is 10.9 Å². The fourth-order valence-electron chi connectivity index (χ4n) is 8.66. The van der Waals surface area contributed by atoms with Crippen LogP contribution in [-0.2, 0) is 28.5 Å². The monoisotopic (exact) mass is 920 g/mol. The molecule has 0 saturated heterocycles. The molecular weight excluding hydrogens is 819 g/mol. The van der Waals surface area contributed by atoms with E-state index >= 15 is 0 Å². The summed E-state index contributed by atoms with van der Waals surface area (Å²) >= 11 is 0. The van der Waals surface area contributed by atoms with Crippen molar-refractivity contribution in [1.82, 2.24) is 4.90 Å². The van der Waals surface area contributed by atoms with E-state index in [1.807, 2.05) is 4.90 Å². The molecule has 0 aliphatic heterocycles. The molecule has 1 N–H and O–H groups in total. The molecule has 0 aliphatic rings.